The number of benzene rings is 1. The highest BCUT2D eigenvalue weighted by Gasteiger charge is 2.10. The van der Waals surface area contributed by atoms with Crippen molar-refractivity contribution in [2.45, 2.75) is 6.92 Å². The van der Waals surface area contributed by atoms with Crippen LogP contribution in [0.3, 0.4) is 0 Å². The largest absolute Gasteiger partial charge is 0.492 e. The number of carbonyl (C=O) groups is 1. The van der Waals surface area contributed by atoms with Crippen molar-refractivity contribution in [1.82, 2.24) is 4.37 Å². The highest BCUT2D eigenvalue weighted by atomic mass is 35.5. The standard InChI is InChI=1S/C14H13ClN4O2S/c1-9(20)18-10-3-2-4-11(7-10)21-6-5-17-14-12(8-16)13(15)19-22-14/h2-4,7,17H,5-6H2,1H3,(H,18,20). The van der Waals surface area contributed by atoms with Crippen LogP contribution in [0.4, 0.5) is 10.7 Å². The smallest absolute Gasteiger partial charge is 0.221 e. The number of rotatable bonds is 6. The number of halogens is 1. The van der Waals surface area contributed by atoms with Crippen molar-refractivity contribution in [2.24, 2.45) is 0 Å². The van der Waals surface area contributed by atoms with Crippen molar-refractivity contribution >= 4 is 39.7 Å². The zero-order valence-electron chi connectivity index (χ0n) is 11.7. The Labute approximate surface area is 136 Å². The lowest BCUT2D eigenvalue weighted by Crippen LogP contribution is -2.11. The summed E-state index contributed by atoms with van der Waals surface area (Å²) in [6, 6.07) is 9.12. The minimum atomic E-state index is -0.134. The minimum absolute atomic E-state index is 0.134. The Morgan fingerprint density at radius 3 is 3.09 bits per heavy atom. The molecular formula is C14H13ClN4O2S. The van der Waals surface area contributed by atoms with E-state index >= 15 is 0 Å². The first kappa shape index (κ1) is 16.1. The van der Waals surface area contributed by atoms with Crippen LogP contribution in [0.1, 0.15) is 12.5 Å². The topological polar surface area (TPSA) is 87.0 Å². The van der Waals surface area contributed by atoms with Crippen LogP contribution in [-0.2, 0) is 4.79 Å². The van der Waals surface area contributed by atoms with Gasteiger partial charge in [-0.2, -0.15) is 9.64 Å². The number of carbonyl (C=O) groups excluding carboxylic acids is 1. The van der Waals surface area contributed by atoms with Crippen LogP contribution >= 0.6 is 23.1 Å². The molecule has 1 heterocycles. The molecule has 2 N–H and O–H groups in total. The van der Waals surface area contributed by atoms with Gasteiger partial charge in [-0.25, -0.2) is 0 Å². The predicted octanol–water partition coefficient (Wildman–Crippen LogP) is 3.12. The number of hydrogen-bond donors (Lipinski definition) is 2. The molecule has 0 spiro atoms. The van der Waals surface area contributed by atoms with E-state index < -0.39 is 0 Å². The van der Waals surface area contributed by atoms with Gasteiger partial charge in [0.2, 0.25) is 5.91 Å². The molecule has 1 amide bonds. The molecule has 1 aromatic carbocycles. The molecule has 0 unspecified atom stereocenters. The van der Waals surface area contributed by atoms with Gasteiger partial charge >= 0.3 is 0 Å². The number of nitrogens with one attached hydrogen (secondary N) is 2. The first-order valence-corrected chi connectivity index (χ1v) is 7.55. The molecule has 6 nitrogen and oxygen atoms in total. The first-order valence-electron chi connectivity index (χ1n) is 6.39. The Kier molecular flexibility index (Phi) is 5.58. The van der Waals surface area contributed by atoms with Gasteiger partial charge in [-0.15, -0.1) is 0 Å². The van der Waals surface area contributed by atoms with Gasteiger partial charge in [0, 0.05) is 25.2 Å². The lowest BCUT2D eigenvalue weighted by Gasteiger charge is -2.09. The minimum Gasteiger partial charge on any atom is -0.492 e. The fraction of sp³-hybridized carbons (Fsp3) is 0.214. The summed E-state index contributed by atoms with van der Waals surface area (Å²) in [6.07, 6.45) is 0. The number of hydrogen-bond acceptors (Lipinski definition) is 6. The number of aromatic nitrogens is 1. The van der Waals surface area contributed by atoms with E-state index in [1.165, 1.54) is 6.92 Å². The number of nitriles is 1. The van der Waals surface area contributed by atoms with Crippen LogP contribution in [0, 0.1) is 11.3 Å². The van der Waals surface area contributed by atoms with Gasteiger partial charge in [0.15, 0.2) is 5.15 Å². The Bertz CT molecular complexity index is 711. The summed E-state index contributed by atoms with van der Waals surface area (Å²) < 4.78 is 9.49. The molecule has 2 rings (SSSR count). The Morgan fingerprint density at radius 2 is 2.36 bits per heavy atom. The van der Waals surface area contributed by atoms with E-state index in [-0.39, 0.29) is 11.1 Å². The molecule has 0 bridgehead atoms. The lowest BCUT2D eigenvalue weighted by atomic mass is 10.3. The van der Waals surface area contributed by atoms with Crippen molar-refractivity contribution in [3.05, 3.63) is 35.0 Å². The molecule has 0 saturated carbocycles. The molecular weight excluding hydrogens is 324 g/mol. The third kappa shape index (κ3) is 4.35. The first-order chi connectivity index (χ1) is 10.6. The van der Waals surface area contributed by atoms with Crippen LogP contribution < -0.4 is 15.4 Å². The molecule has 0 saturated heterocycles. The van der Waals surface area contributed by atoms with Gasteiger partial charge in [-0.3, -0.25) is 4.79 Å². The van der Waals surface area contributed by atoms with Crippen molar-refractivity contribution in [3.63, 3.8) is 0 Å². The molecule has 8 heteroatoms. The summed E-state index contributed by atoms with van der Waals surface area (Å²) >= 11 is 6.92. The van der Waals surface area contributed by atoms with Gasteiger partial charge < -0.3 is 15.4 Å². The normalized spacial score (nSPS) is 9.86. The molecule has 2 aromatic rings. The van der Waals surface area contributed by atoms with Crippen LogP contribution in [0.2, 0.25) is 5.15 Å². The van der Waals surface area contributed by atoms with Crippen molar-refractivity contribution < 1.29 is 9.53 Å². The van der Waals surface area contributed by atoms with Crippen LogP contribution in [0.25, 0.3) is 0 Å². The summed E-state index contributed by atoms with van der Waals surface area (Å²) in [6.45, 7) is 2.34. The molecule has 22 heavy (non-hydrogen) atoms. The predicted molar refractivity (Wildman–Crippen MR) is 86.6 cm³/mol. The Balaban J connectivity index is 1.84. The molecule has 0 aliphatic carbocycles. The second-order valence-corrected chi connectivity index (χ2v) is 5.40. The summed E-state index contributed by atoms with van der Waals surface area (Å²) in [4.78, 5) is 11.0. The van der Waals surface area contributed by atoms with Crippen LogP contribution in [0.5, 0.6) is 5.75 Å². The van der Waals surface area contributed by atoms with Crippen molar-refractivity contribution in [2.75, 3.05) is 23.8 Å². The molecule has 0 fully saturated rings. The van der Waals surface area contributed by atoms with Gasteiger partial charge in [0.25, 0.3) is 0 Å². The van der Waals surface area contributed by atoms with Gasteiger partial charge in [-0.05, 0) is 23.7 Å². The Hall–Kier alpha value is -2.30. The van der Waals surface area contributed by atoms with E-state index in [4.69, 9.17) is 21.6 Å². The fourth-order valence-electron chi connectivity index (χ4n) is 1.69. The zero-order valence-corrected chi connectivity index (χ0v) is 13.3. The summed E-state index contributed by atoms with van der Waals surface area (Å²) in [5.74, 6) is 0.515. The van der Waals surface area contributed by atoms with E-state index in [9.17, 15) is 4.79 Å². The molecule has 114 valence electrons. The van der Waals surface area contributed by atoms with E-state index in [0.29, 0.717) is 35.2 Å². The summed E-state index contributed by atoms with van der Waals surface area (Å²) in [5.41, 5.74) is 1.03. The number of anilines is 2. The maximum Gasteiger partial charge on any atom is 0.221 e. The van der Waals surface area contributed by atoms with Crippen molar-refractivity contribution in [1.29, 1.82) is 5.26 Å². The third-order valence-corrected chi connectivity index (χ3v) is 3.75. The maximum absolute atomic E-state index is 11.0. The van der Waals surface area contributed by atoms with Crippen LogP contribution in [-0.4, -0.2) is 23.4 Å². The molecule has 0 aliphatic heterocycles. The average molecular weight is 337 g/mol. The van der Waals surface area contributed by atoms with Crippen LogP contribution in [0.15, 0.2) is 24.3 Å². The quantitative estimate of drug-likeness (QED) is 0.791. The van der Waals surface area contributed by atoms with Gasteiger partial charge in [-0.1, -0.05) is 17.7 Å². The molecule has 0 radical (unpaired) electrons. The lowest BCUT2D eigenvalue weighted by molar-refractivity contribution is -0.114. The number of nitrogens with zero attached hydrogens (tertiary/aromatic N) is 2. The number of ether oxygens (including phenoxy) is 1. The second-order valence-electron chi connectivity index (χ2n) is 4.27. The monoisotopic (exact) mass is 336 g/mol. The summed E-state index contributed by atoms with van der Waals surface area (Å²) in [5, 5.41) is 15.5. The van der Waals surface area contributed by atoms with Gasteiger partial charge in [0.1, 0.15) is 29.0 Å². The zero-order chi connectivity index (χ0) is 15.9. The Morgan fingerprint density at radius 1 is 1.55 bits per heavy atom. The van der Waals surface area contributed by atoms with E-state index in [1.54, 1.807) is 24.3 Å². The van der Waals surface area contributed by atoms with E-state index in [2.05, 4.69) is 15.0 Å². The third-order valence-electron chi connectivity index (χ3n) is 2.57. The van der Waals surface area contributed by atoms with Crippen molar-refractivity contribution in [3.8, 4) is 11.8 Å². The van der Waals surface area contributed by atoms with Gasteiger partial charge in [0.05, 0.1) is 0 Å². The highest BCUT2D eigenvalue weighted by molar-refractivity contribution is 7.10. The molecule has 0 aliphatic rings. The second kappa shape index (κ2) is 7.64. The average Bonchev–Trinajstić information content (AvgIpc) is 2.83. The fourth-order valence-corrected chi connectivity index (χ4v) is 2.65. The number of amides is 1. The highest BCUT2D eigenvalue weighted by Crippen LogP contribution is 2.27. The molecule has 0 atom stereocenters. The molecule has 1 aromatic heterocycles. The van der Waals surface area contributed by atoms with E-state index in [0.717, 1.165) is 11.5 Å². The SMILES string of the molecule is CC(=O)Nc1cccc(OCCNc2snc(Cl)c2C#N)c1. The summed E-state index contributed by atoms with van der Waals surface area (Å²) in [7, 11) is 0. The maximum atomic E-state index is 11.0. The van der Waals surface area contributed by atoms with E-state index in [1.807, 2.05) is 6.07 Å².